The molecule has 1 aliphatic carbocycles. The van der Waals surface area contributed by atoms with Crippen LogP contribution in [0.2, 0.25) is 0 Å². The third kappa shape index (κ3) is 4.89. The Kier molecular flexibility index (Phi) is 5.24. The number of amides is 1. The van der Waals surface area contributed by atoms with Gasteiger partial charge in [-0.15, -0.1) is 0 Å². The minimum atomic E-state index is -2.60. The smallest absolute Gasteiger partial charge is 0.405 e. The van der Waals surface area contributed by atoms with Gasteiger partial charge in [-0.2, -0.15) is 10.1 Å². The summed E-state index contributed by atoms with van der Waals surface area (Å²) in [5.41, 5.74) is 6.30. The minimum Gasteiger partial charge on any atom is -0.440 e. The van der Waals surface area contributed by atoms with Crippen molar-refractivity contribution in [2.75, 3.05) is 5.32 Å². The van der Waals surface area contributed by atoms with Crippen LogP contribution in [-0.2, 0) is 4.74 Å². The van der Waals surface area contributed by atoms with Crippen LogP contribution < -0.4 is 11.1 Å². The van der Waals surface area contributed by atoms with E-state index in [0.717, 1.165) is 5.69 Å². The van der Waals surface area contributed by atoms with E-state index in [4.69, 9.17) is 10.5 Å². The van der Waals surface area contributed by atoms with Gasteiger partial charge in [-0.25, -0.2) is 23.2 Å². The molecule has 1 aliphatic rings. The second kappa shape index (κ2) is 7.45. The Morgan fingerprint density at radius 3 is 2.70 bits per heavy atom. The Hall–Kier alpha value is -2.78. The highest BCUT2D eigenvalue weighted by Gasteiger charge is 2.35. The summed E-state index contributed by atoms with van der Waals surface area (Å²) in [5.74, 6) is -1.86. The van der Waals surface area contributed by atoms with Gasteiger partial charge in [0, 0.05) is 31.1 Å². The lowest BCUT2D eigenvalue weighted by Gasteiger charge is -2.29. The van der Waals surface area contributed by atoms with Crippen molar-refractivity contribution in [2.45, 2.75) is 57.6 Å². The summed E-state index contributed by atoms with van der Waals surface area (Å²) in [5, 5.41) is 7.47. The van der Waals surface area contributed by atoms with Crippen LogP contribution in [0.3, 0.4) is 0 Å². The topological polar surface area (TPSA) is 108 Å². The highest BCUT2D eigenvalue weighted by molar-refractivity contribution is 5.65. The van der Waals surface area contributed by atoms with Crippen LogP contribution in [0.4, 0.5) is 19.4 Å². The third-order valence-corrected chi connectivity index (χ3v) is 4.44. The number of aryl methyl sites for hydroxylation is 1. The molecule has 1 atom stereocenters. The second-order valence-corrected chi connectivity index (χ2v) is 6.73. The zero-order valence-electron chi connectivity index (χ0n) is 15.2. The number of aromatic nitrogens is 4. The van der Waals surface area contributed by atoms with Crippen molar-refractivity contribution in [3.8, 4) is 5.95 Å². The number of nitrogens with two attached hydrogens (primary N) is 1. The minimum absolute atomic E-state index is 0.119. The van der Waals surface area contributed by atoms with Gasteiger partial charge in [-0.05, 0) is 32.8 Å². The molecule has 8 nitrogen and oxygen atoms in total. The van der Waals surface area contributed by atoms with Gasteiger partial charge in [0.15, 0.2) is 0 Å². The molecule has 1 saturated carbocycles. The molecule has 0 saturated heterocycles. The quantitative estimate of drug-likeness (QED) is 0.825. The fourth-order valence-corrected chi connectivity index (χ4v) is 2.99. The first-order valence-electron chi connectivity index (χ1n) is 8.74. The largest absolute Gasteiger partial charge is 0.440 e. The van der Waals surface area contributed by atoms with Gasteiger partial charge in [-0.3, -0.25) is 0 Å². The molecule has 0 radical (unpaired) electrons. The fraction of sp³-hybridized carbons (Fsp3) is 0.529. The molecular weight excluding hydrogens is 358 g/mol. The van der Waals surface area contributed by atoms with E-state index >= 15 is 0 Å². The highest BCUT2D eigenvalue weighted by Crippen LogP contribution is 2.34. The first-order chi connectivity index (χ1) is 12.7. The molecule has 0 aliphatic heterocycles. The Morgan fingerprint density at radius 2 is 2.11 bits per heavy atom. The summed E-state index contributed by atoms with van der Waals surface area (Å²) >= 11 is 0. The van der Waals surface area contributed by atoms with Crippen molar-refractivity contribution in [3.63, 3.8) is 0 Å². The lowest BCUT2D eigenvalue weighted by Crippen LogP contribution is -2.32. The summed E-state index contributed by atoms with van der Waals surface area (Å²) in [7, 11) is 0. The van der Waals surface area contributed by atoms with Crippen LogP contribution in [0.15, 0.2) is 18.3 Å². The molecule has 10 heteroatoms. The predicted molar refractivity (Wildman–Crippen MR) is 93.8 cm³/mol. The van der Waals surface area contributed by atoms with Crippen LogP contribution in [-0.4, -0.2) is 37.8 Å². The average Bonchev–Trinajstić information content (AvgIpc) is 3.02. The molecule has 0 aromatic carbocycles. The molecule has 27 heavy (non-hydrogen) atoms. The van der Waals surface area contributed by atoms with Crippen molar-refractivity contribution < 1.29 is 18.3 Å². The second-order valence-electron chi connectivity index (χ2n) is 6.73. The number of hydrogen-bond acceptors (Lipinski definition) is 6. The van der Waals surface area contributed by atoms with Gasteiger partial charge in [0.25, 0.3) is 5.95 Å². The number of primary amides is 1. The Balaban J connectivity index is 1.86. The molecule has 1 amide bonds. The van der Waals surface area contributed by atoms with Crippen molar-refractivity contribution >= 4 is 11.9 Å². The lowest BCUT2D eigenvalue weighted by molar-refractivity contribution is -0.0361. The van der Waals surface area contributed by atoms with Crippen molar-refractivity contribution in [1.82, 2.24) is 19.7 Å². The summed E-state index contributed by atoms with van der Waals surface area (Å²) in [6.45, 7) is 3.47. The number of nitrogens with one attached hydrogen (secondary N) is 1. The molecule has 1 fully saturated rings. The maximum absolute atomic E-state index is 13.4. The predicted octanol–water partition coefficient (Wildman–Crippen LogP) is 3.12. The molecule has 3 N–H and O–H groups in total. The Labute approximate surface area is 155 Å². The highest BCUT2D eigenvalue weighted by atomic mass is 19.3. The zero-order chi connectivity index (χ0) is 19.6. The Bertz CT molecular complexity index is 816. The van der Waals surface area contributed by atoms with E-state index in [9.17, 15) is 13.6 Å². The van der Waals surface area contributed by atoms with Crippen molar-refractivity contribution in [1.29, 1.82) is 0 Å². The van der Waals surface area contributed by atoms with Gasteiger partial charge in [0.05, 0.1) is 11.4 Å². The molecule has 0 bridgehead atoms. The Morgan fingerprint density at radius 1 is 1.41 bits per heavy atom. The standard InChI is InChI=1S/C17H22F2N6O2/c1-10-5-8-25(24-10)16-22-13(11(2)27-15(20)26)9-14(23-16)21-12-3-6-17(18,19)7-4-12/h5,8-9,11-12H,3-4,6-7H2,1-2H3,(H2,20,26)(H,21,22,23). The number of rotatable bonds is 5. The normalized spacial score (nSPS) is 18.1. The van der Waals surface area contributed by atoms with Gasteiger partial charge in [0.2, 0.25) is 5.92 Å². The van der Waals surface area contributed by atoms with E-state index in [1.807, 2.05) is 6.92 Å². The number of hydrogen-bond donors (Lipinski definition) is 2. The molecule has 2 heterocycles. The van der Waals surface area contributed by atoms with Crippen LogP contribution in [0.5, 0.6) is 0 Å². The van der Waals surface area contributed by atoms with Gasteiger partial charge >= 0.3 is 6.09 Å². The number of ether oxygens (including phenoxy) is 1. The van der Waals surface area contributed by atoms with Gasteiger partial charge < -0.3 is 15.8 Å². The molecule has 2 aromatic rings. The number of nitrogens with zero attached hydrogens (tertiary/aromatic N) is 4. The maximum Gasteiger partial charge on any atom is 0.405 e. The van der Waals surface area contributed by atoms with Crippen molar-refractivity contribution in [3.05, 3.63) is 29.7 Å². The molecule has 3 rings (SSSR count). The summed E-state index contributed by atoms with van der Waals surface area (Å²) in [6, 6.07) is 3.31. The molecular formula is C17H22F2N6O2. The molecule has 1 unspecified atom stereocenters. The molecule has 2 aromatic heterocycles. The number of anilines is 1. The summed E-state index contributed by atoms with van der Waals surface area (Å²) in [6.07, 6.45) is 0.466. The van der Waals surface area contributed by atoms with Crippen LogP contribution in [0.25, 0.3) is 5.95 Å². The number of halogens is 2. The van der Waals surface area contributed by atoms with Gasteiger partial charge in [-0.1, -0.05) is 0 Å². The summed E-state index contributed by atoms with van der Waals surface area (Å²) < 4.78 is 33.2. The molecule has 146 valence electrons. The SMILES string of the molecule is Cc1ccn(-c2nc(NC3CCC(F)(F)CC3)cc(C(C)OC(N)=O)n2)n1. The molecule has 0 spiro atoms. The fourth-order valence-electron chi connectivity index (χ4n) is 2.99. The first-order valence-corrected chi connectivity index (χ1v) is 8.74. The van der Waals surface area contributed by atoms with E-state index in [-0.39, 0.29) is 24.8 Å². The van der Waals surface area contributed by atoms with Crippen LogP contribution in [0.1, 0.15) is 50.1 Å². The van der Waals surface area contributed by atoms with E-state index in [0.29, 0.717) is 24.4 Å². The number of carbonyl (C=O) groups excluding carboxylic acids is 1. The van der Waals surface area contributed by atoms with Crippen LogP contribution >= 0.6 is 0 Å². The monoisotopic (exact) mass is 380 g/mol. The van der Waals surface area contributed by atoms with E-state index in [1.165, 1.54) is 4.68 Å². The number of carbonyl (C=O) groups is 1. The first kappa shape index (κ1) is 19.0. The lowest BCUT2D eigenvalue weighted by atomic mass is 9.92. The zero-order valence-corrected chi connectivity index (χ0v) is 15.2. The van der Waals surface area contributed by atoms with E-state index in [1.54, 1.807) is 25.3 Å². The van der Waals surface area contributed by atoms with E-state index < -0.39 is 18.1 Å². The average molecular weight is 380 g/mol. The number of alkyl halides is 2. The third-order valence-electron chi connectivity index (χ3n) is 4.44. The maximum atomic E-state index is 13.4. The van der Waals surface area contributed by atoms with Gasteiger partial charge in [0.1, 0.15) is 11.9 Å². The summed E-state index contributed by atoms with van der Waals surface area (Å²) in [4.78, 5) is 19.9. The van der Waals surface area contributed by atoms with E-state index in [2.05, 4.69) is 20.4 Å². The van der Waals surface area contributed by atoms with Crippen LogP contribution in [0, 0.1) is 6.92 Å². The van der Waals surface area contributed by atoms with Crippen molar-refractivity contribution in [2.24, 2.45) is 5.73 Å².